The number of hydrogen-bond donors (Lipinski definition) is 6. The van der Waals surface area contributed by atoms with Gasteiger partial charge in [-0.05, 0) is 256 Å². The second kappa shape index (κ2) is 48.7. The third kappa shape index (κ3) is 23.1. The van der Waals surface area contributed by atoms with E-state index in [9.17, 15) is 59.2 Å². The van der Waals surface area contributed by atoms with E-state index in [4.69, 9.17) is 61.6 Å². The molecule has 18 aromatic rings. The molecule has 7 N–H and O–H groups in total. The number of anilines is 3. The number of carbonyl (C=O) groups excluding carboxylic acids is 4. The van der Waals surface area contributed by atoms with E-state index >= 15 is 0 Å². The first kappa shape index (κ1) is 107. The number of carbonyl (C=O) groups is 4. The largest absolute Gasteiger partial charge is 0.450 e. The third-order valence-electron chi connectivity index (χ3n) is 25.0. The molecule has 1 aliphatic rings. The quantitative estimate of drug-likeness (QED) is 0.0324. The first-order valence-corrected chi connectivity index (χ1v) is 51.4. The van der Waals surface area contributed by atoms with E-state index in [1.165, 1.54) is 19.2 Å². The summed E-state index contributed by atoms with van der Waals surface area (Å²) in [7, 11) is -2.13. The Balaban J connectivity index is 0.000000140. The smallest absolute Gasteiger partial charge is 0.411 e. The molecule has 19 rings (SSSR count). The number of aryl methyl sites for hydroxylation is 6. The molecule has 26 nitrogen and oxygen atoms in total. The lowest BCUT2D eigenvalue weighted by atomic mass is 10.0. The highest BCUT2D eigenvalue weighted by Gasteiger charge is 2.29. The molecule has 12 aromatic carbocycles. The van der Waals surface area contributed by atoms with Crippen molar-refractivity contribution in [1.29, 1.82) is 31.6 Å². The number of nitrogen functional groups attached to an aromatic ring is 1. The van der Waals surface area contributed by atoms with Gasteiger partial charge in [-0.1, -0.05) is 163 Å². The van der Waals surface area contributed by atoms with E-state index in [2.05, 4.69) is 106 Å². The van der Waals surface area contributed by atoms with Gasteiger partial charge in [-0.15, -0.1) is 0 Å². The Morgan fingerprint density at radius 1 is 0.358 bits per heavy atom. The minimum atomic E-state index is -3.50. The molecule has 148 heavy (non-hydrogen) atoms. The number of nitriles is 6. The molecule has 746 valence electrons. The number of nitrogens with one attached hydrogen (secondary N) is 5. The van der Waals surface area contributed by atoms with Crippen LogP contribution in [0, 0.1) is 68.0 Å². The van der Waals surface area contributed by atoms with Crippen LogP contribution in [-0.4, -0.2) is 92.7 Å². The van der Waals surface area contributed by atoms with Crippen molar-refractivity contribution in [1.82, 2.24) is 42.8 Å². The summed E-state index contributed by atoms with van der Waals surface area (Å²) in [5.74, 6) is -0.105. The predicted molar refractivity (Wildman–Crippen MR) is 592 cm³/mol. The van der Waals surface area contributed by atoms with Crippen molar-refractivity contribution in [3.63, 3.8) is 0 Å². The standard InChI is InChI=1S/C21H20ClN3O2.C21H19N3O.C20H18ClN3O2.C20H19N3O.C18H16ClN3O2S.C17H14ClN3/c1-3-10-27-21(26)24-16-7-5-6-14(11-16)20-18(13-23)17-12-15(22)8-9-19(17)25(20)4-2;1-2-24-19-6-4-3-5-17(19)18(13-22)20(24)14-7-9-15(10-8-14)21(25)23-16-11-12-16;1-3-24-18-9-8-14(21)11-16(18)17(12-22)19(24)13-6-5-7-15(10-13)23-20(25)26-4-2;1-3-22-20(24)15-11-9-14(10-12-15)19-17(13-21)16-7-5-6-8-18(16)23(19)4-2;1-3-22-17-9-6-13(19)10-15(17)16(11-20)18(22)12-4-7-14(8-5-12)25(23,24)21-2;1-2-21-16-7-6-12(18)9-14(16)15(10-19)17(21)11-4-3-5-13(20)8-11/h5-9,11-12H,3-4,10H2,1-2H3,(H,24,26);3-10,16H,2,11-12H2,1H3,(H,23,25);5-11H,3-4H2,1-2H3,(H,23,25);5-12H,3-4H2,1-2H3,(H,22,24);4-10,21H,3H2,1-2H3;3-9H,2,20H2,1H3. The van der Waals surface area contributed by atoms with Crippen molar-refractivity contribution in [2.45, 2.75) is 132 Å². The summed E-state index contributed by atoms with van der Waals surface area (Å²) in [5, 5.41) is 77.1. The predicted octanol–water partition coefficient (Wildman–Crippen LogP) is 27.5. The molecule has 1 fully saturated rings. The molecule has 6 aromatic heterocycles. The number of sulfonamides is 1. The van der Waals surface area contributed by atoms with Crippen molar-refractivity contribution >= 4 is 163 Å². The number of ether oxygens (including phenoxy) is 2. The van der Waals surface area contributed by atoms with Crippen LogP contribution in [0.2, 0.25) is 20.1 Å². The number of aromatic nitrogens is 6. The maximum Gasteiger partial charge on any atom is 0.411 e. The maximum atomic E-state index is 12.2. The summed E-state index contributed by atoms with van der Waals surface area (Å²) in [6.45, 7) is 23.5. The van der Waals surface area contributed by atoms with Crippen LogP contribution in [0.15, 0.2) is 272 Å². The number of fused-ring (bicyclic) bond motifs is 6. The number of nitrogens with two attached hydrogens (primary N) is 1. The van der Waals surface area contributed by atoms with E-state index in [1.807, 2.05) is 245 Å². The van der Waals surface area contributed by atoms with Crippen LogP contribution in [0.3, 0.4) is 0 Å². The van der Waals surface area contributed by atoms with Gasteiger partial charge in [-0.3, -0.25) is 20.2 Å². The monoisotopic (exact) mass is 2060 g/mol. The summed E-state index contributed by atoms with van der Waals surface area (Å²) in [5.41, 5.74) is 29.1. The fourth-order valence-electron chi connectivity index (χ4n) is 18.4. The lowest BCUT2D eigenvalue weighted by Gasteiger charge is -2.11. The average molecular weight is 2070 g/mol. The van der Waals surface area contributed by atoms with Crippen molar-refractivity contribution in [3.8, 4) is 104 Å². The third-order valence-corrected chi connectivity index (χ3v) is 27.4. The highest BCUT2D eigenvalue weighted by molar-refractivity contribution is 7.89. The molecule has 0 bridgehead atoms. The fraction of sp³-hybridized carbons (Fsp3) is 0.197. The zero-order valence-corrected chi connectivity index (χ0v) is 86.9. The number of para-hydroxylation sites is 2. The number of halogens is 4. The van der Waals surface area contributed by atoms with Crippen LogP contribution in [0.5, 0.6) is 0 Å². The number of rotatable bonds is 23. The Bertz CT molecular complexity index is 8480. The molecule has 1 aliphatic carbocycles. The van der Waals surface area contributed by atoms with E-state index in [1.54, 1.807) is 55.5 Å². The highest BCUT2D eigenvalue weighted by Crippen LogP contribution is 2.43. The normalized spacial score (nSPS) is 11.3. The zero-order chi connectivity index (χ0) is 106. The van der Waals surface area contributed by atoms with Crippen molar-refractivity contribution in [2.75, 3.05) is 43.2 Å². The summed E-state index contributed by atoms with van der Waals surface area (Å²) >= 11 is 24.5. The van der Waals surface area contributed by atoms with Crippen molar-refractivity contribution in [3.05, 3.63) is 332 Å². The zero-order valence-electron chi connectivity index (χ0n) is 83.1. The molecule has 4 amide bonds. The second-order valence-corrected chi connectivity index (χ2v) is 37.7. The van der Waals surface area contributed by atoms with Gasteiger partial charge in [0.15, 0.2) is 0 Å². The lowest BCUT2D eigenvalue weighted by molar-refractivity contribution is 0.0944. The maximum absolute atomic E-state index is 12.2. The minimum absolute atomic E-state index is 0.0226. The van der Waals surface area contributed by atoms with Crippen LogP contribution in [0.25, 0.3) is 133 Å². The van der Waals surface area contributed by atoms with Gasteiger partial charge in [0, 0.05) is 182 Å². The Labute approximate surface area is 878 Å². The molecule has 0 saturated heterocycles. The SMILES string of the molecule is CCCOC(=O)Nc1cccc(-c2c(C#N)c3cc(Cl)ccc3n2CC)c1.CCNC(=O)c1ccc(-c2c(C#N)c3ccccc3n2CC)cc1.CCOC(=O)Nc1cccc(-c2c(C#N)c3cc(Cl)ccc3n2CC)c1.CCn1c(-c2ccc(C(=O)NC3CC3)cc2)c(C#N)c2ccccc21.CCn1c(-c2ccc(S(=O)(=O)NC)cc2)c(C#N)c2cc(Cl)ccc21.CCn1c(-c2cccc(N)c2)c(C#N)c2cc(Cl)ccc21. The minimum Gasteiger partial charge on any atom is -0.450 e. The van der Waals surface area contributed by atoms with E-state index < -0.39 is 22.2 Å². The lowest BCUT2D eigenvalue weighted by Crippen LogP contribution is -2.25. The number of amides is 4. The van der Waals surface area contributed by atoms with Crippen LogP contribution >= 0.6 is 46.4 Å². The summed E-state index contributed by atoms with van der Waals surface area (Å²) < 4.78 is 48.7. The molecule has 0 radical (unpaired) electrons. The van der Waals surface area contributed by atoms with Gasteiger partial charge in [0.1, 0.15) is 36.4 Å². The van der Waals surface area contributed by atoms with Crippen LogP contribution in [-0.2, 0) is 58.8 Å². The summed E-state index contributed by atoms with van der Waals surface area (Å²) in [6, 6.07) is 96.3. The molecule has 0 aliphatic heterocycles. The molecule has 0 spiro atoms. The Kier molecular flexibility index (Phi) is 35.2. The van der Waals surface area contributed by atoms with Gasteiger partial charge in [0.2, 0.25) is 10.0 Å². The average Bonchev–Trinajstić information content (AvgIpc) is 2.25. The van der Waals surface area contributed by atoms with Gasteiger partial charge in [-0.2, -0.15) is 31.6 Å². The fourth-order valence-corrected chi connectivity index (χ4v) is 19.8. The van der Waals surface area contributed by atoms with Crippen molar-refractivity contribution in [2.24, 2.45) is 0 Å². The second-order valence-electron chi connectivity index (χ2n) is 34.0. The topological polar surface area (TPSA) is 379 Å². The van der Waals surface area contributed by atoms with Gasteiger partial charge in [0.05, 0.1) is 85.7 Å². The summed E-state index contributed by atoms with van der Waals surface area (Å²) in [6.07, 6.45) is 1.92. The number of hydrogen-bond acceptors (Lipinski definition) is 15. The van der Waals surface area contributed by atoms with Crippen molar-refractivity contribution < 1.29 is 37.1 Å². The summed E-state index contributed by atoms with van der Waals surface area (Å²) in [4.78, 5) is 47.8. The number of nitrogens with zero attached hydrogens (tertiary/aromatic N) is 12. The van der Waals surface area contributed by atoms with Gasteiger partial charge < -0.3 is 53.2 Å². The molecule has 0 unspecified atom stereocenters. The van der Waals surface area contributed by atoms with Crippen LogP contribution in [0.4, 0.5) is 26.7 Å². The Hall–Kier alpha value is -16.8. The van der Waals surface area contributed by atoms with Crippen LogP contribution < -0.4 is 31.7 Å². The molecule has 1 saturated carbocycles. The van der Waals surface area contributed by atoms with E-state index in [0.29, 0.717) is 127 Å². The molecular formula is C117H106Cl4N18O8S. The van der Waals surface area contributed by atoms with Gasteiger partial charge in [-0.25, -0.2) is 22.7 Å². The first-order chi connectivity index (χ1) is 71.7. The van der Waals surface area contributed by atoms with Crippen LogP contribution in [0.1, 0.15) is 136 Å². The van der Waals surface area contributed by atoms with Gasteiger partial charge in [0.25, 0.3) is 11.8 Å². The molecule has 6 heterocycles. The van der Waals surface area contributed by atoms with Gasteiger partial charge >= 0.3 is 12.2 Å². The number of benzene rings is 12. The first-order valence-electron chi connectivity index (χ1n) is 48.4. The Morgan fingerprint density at radius 3 is 0.986 bits per heavy atom. The Morgan fingerprint density at radius 2 is 0.669 bits per heavy atom. The molecule has 0 atom stereocenters. The van der Waals surface area contributed by atoms with E-state index in [0.717, 1.165) is 172 Å². The highest BCUT2D eigenvalue weighted by atomic mass is 35.5. The van der Waals surface area contributed by atoms with E-state index in [-0.39, 0.29) is 16.7 Å². The molecular weight excluding hydrogens is 1960 g/mol. The molecule has 31 heteroatoms.